The molecule has 6 nitrogen and oxygen atoms in total. The summed E-state index contributed by atoms with van der Waals surface area (Å²) in [6.07, 6.45) is 7.43. The molecule has 0 saturated heterocycles. The van der Waals surface area contributed by atoms with Gasteiger partial charge in [0.1, 0.15) is 18.0 Å². The Morgan fingerprint density at radius 2 is 2.20 bits per heavy atom. The molecule has 2 aromatic heterocycles. The molecular formula is C14H21N5O. The number of ether oxygens (including phenoxy) is 1. The maximum atomic E-state index is 5.05. The van der Waals surface area contributed by atoms with Gasteiger partial charge in [-0.25, -0.2) is 15.0 Å². The number of hydrogen-bond acceptors (Lipinski definition) is 5. The van der Waals surface area contributed by atoms with Crippen molar-refractivity contribution in [2.75, 3.05) is 19.0 Å². The largest absolute Gasteiger partial charge is 0.378 e. The van der Waals surface area contributed by atoms with Gasteiger partial charge in [0.25, 0.3) is 0 Å². The number of aryl methyl sites for hydroxylation is 2. The average molecular weight is 275 g/mol. The molecule has 0 aliphatic rings. The van der Waals surface area contributed by atoms with Crippen molar-refractivity contribution in [3.05, 3.63) is 36.3 Å². The molecule has 0 unspecified atom stereocenters. The second kappa shape index (κ2) is 7.59. The van der Waals surface area contributed by atoms with E-state index in [1.54, 1.807) is 13.4 Å². The van der Waals surface area contributed by atoms with Gasteiger partial charge in [-0.3, -0.25) is 0 Å². The first kappa shape index (κ1) is 14.5. The van der Waals surface area contributed by atoms with Gasteiger partial charge in [0.05, 0.1) is 12.3 Å². The molecule has 0 saturated carbocycles. The molecule has 2 heterocycles. The number of rotatable bonds is 8. The SMILES string of the molecule is CCc1nccn1CCCNc1cc(COC)ncn1. The van der Waals surface area contributed by atoms with E-state index >= 15 is 0 Å². The molecule has 0 fully saturated rings. The maximum absolute atomic E-state index is 5.05. The van der Waals surface area contributed by atoms with Crippen LogP contribution in [0.25, 0.3) is 0 Å². The lowest BCUT2D eigenvalue weighted by Gasteiger charge is -2.08. The molecule has 2 rings (SSSR count). The van der Waals surface area contributed by atoms with E-state index in [1.165, 1.54) is 0 Å². The van der Waals surface area contributed by atoms with Crippen LogP contribution in [0.3, 0.4) is 0 Å². The van der Waals surface area contributed by atoms with Crippen molar-refractivity contribution in [1.82, 2.24) is 19.5 Å². The summed E-state index contributed by atoms with van der Waals surface area (Å²) < 4.78 is 7.25. The first-order chi connectivity index (χ1) is 9.83. The van der Waals surface area contributed by atoms with Gasteiger partial charge < -0.3 is 14.6 Å². The highest BCUT2D eigenvalue weighted by Gasteiger charge is 2.00. The summed E-state index contributed by atoms with van der Waals surface area (Å²) in [5, 5.41) is 3.30. The summed E-state index contributed by atoms with van der Waals surface area (Å²) in [4.78, 5) is 12.6. The fraction of sp³-hybridized carbons (Fsp3) is 0.500. The number of aromatic nitrogens is 4. The summed E-state index contributed by atoms with van der Waals surface area (Å²) in [6, 6.07) is 1.91. The van der Waals surface area contributed by atoms with Gasteiger partial charge >= 0.3 is 0 Å². The zero-order valence-electron chi connectivity index (χ0n) is 12.0. The first-order valence-corrected chi connectivity index (χ1v) is 6.87. The zero-order valence-corrected chi connectivity index (χ0v) is 12.0. The molecule has 0 spiro atoms. The summed E-state index contributed by atoms with van der Waals surface area (Å²) in [5.41, 5.74) is 0.882. The van der Waals surface area contributed by atoms with E-state index in [4.69, 9.17) is 4.74 Å². The minimum Gasteiger partial charge on any atom is -0.378 e. The van der Waals surface area contributed by atoms with Crippen LogP contribution in [0, 0.1) is 0 Å². The average Bonchev–Trinajstić information content (AvgIpc) is 2.92. The molecule has 108 valence electrons. The molecule has 0 aliphatic carbocycles. The predicted molar refractivity (Wildman–Crippen MR) is 77.5 cm³/mol. The molecule has 6 heteroatoms. The molecular weight excluding hydrogens is 254 g/mol. The van der Waals surface area contributed by atoms with Crippen LogP contribution in [0.4, 0.5) is 5.82 Å². The van der Waals surface area contributed by atoms with Gasteiger partial charge in [0.15, 0.2) is 0 Å². The third-order valence-corrected chi connectivity index (χ3v) is 3.02. The lowest BCUT2D eigenvalue weighted by molar-refractivity contribution is 0.181. The topological polar surface area (TPSA) is 64.9 Å². The Labute approximate surface area is 119 Å². The van der Waals surface area contributed by atoms with Crippen molar-refractivity contribution in [1.29, 1.82) is 0 Å². The second-order valence-electron chi connectivity index (χ2n) is 4.50. The van der Waals surface area contributed by atoms with E-state index < -0.39 is 0 Å². The van der Waals surface area contributed by atoms with Crippen LogP contribution < -0.4 is 5.32 Å². The summed E-state index contributed by atoms with van der Waals surface area (Å²) in [7, 11) is 1.66. The van der Waals surface area contributed by atoms with Crippen molar-refractivity contribution in [2.24, 2.45) is 0 Å². The van der Waals surface area contributed by atoms with E-state index in [0.717, 1.165) is 43.3 Å². The Bertz CT molecular complexity index is 526. The monoisotopic (exact) mass is 275 g/mol. The molecule has 0 atom stereocenters. The molecule has 0 bridgehead atoms. The van der Waals surface area contributed by atoms with Gasteiger partial charge in [0, 0.05) is 45.1 Å². The summed E-state index contributed by atoms with van der Waals surface area (Å²) in [5.74, 6) is 1.97. The molecule has 0 aromatic carbocycles. The minimum absolute atomic E-state index is 0.506. The summed E-state index contributed by atoms with van der Waals surface area (Å²) in [6.45, 7) is 4.46. The van der Waals surface area contributed by atoms with Gasteiger partial charge in [-0.2, -0.15) is 0 Å². The lowest BCUT2D eigenvalue weighted by atomic mass is 10.3. The van der Waals surface area contributed by atoms with Crippen molar-refractivity contribution >= 4 is 5.82 Å². The first-order valence-electron chi connectivity index (χ1n) is 6.87. The van der Waals surface area contributed by atoms with Gasteiger partial charge in [-0.05, 0) is 6.42 Å². The molecule has 2 aromatic rings. The maximum Gasteiger partial charge on any atom is 0.129 e. The van der Waals surface area contributed by atoms with Crippen molar-refractivity contribution in [3.63, 3.8) is 0 Å². The quantitative estimate of drug-likeness (QED) is 0.745. The highest BCUT2D eigenvalue weighted by Crippen LogP contribution is 2.05. The van der Waals surface area contributed by atoms with Crippen LogP contribution in [-0.2, 0) is 24.3 Å². The predicted octanol–water partition coefficient (Wildman–Crippen LogP) is 1.88. The number of nitrogens with one attached hydrogen (secondary N) is 1. The molecule has 0 aliphatic heterocycles. The lowest BCUT2D eigenvalue weighted by Crippen LogP contribution is -2.09. The van der Waals surface area contributed by atoms with Gasteiger partial charge in [-0.15, -0.1) is 0 Å². The number of nitrogens with zero attached hydrogens (tertiary/aromatic N) is 4. The van der Waals surface area contributed by atoms with Crippen LogP contribution in [0.5, 0.6) is 0 Å². The Morgan fingerprint density at radius 3 is 3.00 bits per heavy atom. The number of imidazole rings is 1. The van der Waals surface area contributed by atoms with Crippen LogP contribution in [-0.4, -0.2) is 33.2 Å². The minimum atomic E-state index is 0.506. The number of anilines is 1. The van der Waals surface area contributed by atoms with E-state index in [0.29, 0.717) is 6.61 Å². The normalized spacial score (nSPS) is 10.7. The fourth-order valence-electron chi connectivity index (χ4n) is 2.04. The third kappa shape index (κ3) is 4.03. The van der Waals surface area contributed by atoms with E-state index in [1.807, 2.05) is 18.5 Å². The highest BCUT2D eigenvalue weighted by atomic mass is 16.5. The van der Waals surface area contributed by atoms with Crippen LogP contribution in [0.1, 0.15) is 24.9 Å². The Morgan fingerprint density at radius 1 is 1.30 bits per heavy atom. The van der Waals surface area contributed by atoms with Gasteiger partial charge in [0.2, 0.25) is 0 Å². The Hall–Kier alpha value is -1.95. The van der Waals surface area contributed by atoms with Crippen molar-refractivity contribution < 1.29 is 4.74 Å². The van der Waals surface area contributed by atoms with Crippen LogP contribution in [0.15, 0.2) is 24.8 Å². The van der Waals surface area contributed by atoms with Crippen molar-refractivity contribution in [3.8, 4) is 0 Å². The van der Waals surface area contributed by atoms with Gasteiger partial charge in [-0.1, -0.05) is 6.92 Å². The number of methoxy groups -OCH3 is 1. The smallest absolute Gasteiger partial charge is 0.129 e. The Balaban J connectivity index is 1.77. The number of hydrogen-bond donors (Lipinski definition) is 1. The third-order valence-electron chi connectivity index (χ3n) is 3.02. The molecule has 0 radical (unpaired) electrons. The molecule has 1 N–H and O–H groups in total. The molecule has 0 amide bonds. The Kier molecular flexibility index (Phi) is 5.49. The van der Waals surface area contributed by atoms with Crippen LogP contribution >= 0.6 is 0 Å². The van der Waals surface area contributed by atoms with E-state index in [2.05, 4.69) is 31.8 Å². The fourth-order valence-corrected chi connectivity index (χ4v) is 2.04. The highest BCUT2D eigenvalue weighted by molar-refractivity contribution is 5.34. The van der Waals surface area contributed by atoms with E-state index in [9.17, 15) is 0 Å². The summed E-state index contributed by atoms with van der Waals surface area (Å²) >= 11 is 0. The second-order valence-corrected chi connectivity index (χ2v) is 4.50. The van der Waals surface area contributed by atoms with E-state index in [-0.39, 0.29) is 0 Å². The zero-order chi connectivity index (χ0) is 14.2. The molecule has 20 heavy (non-hydrogen) atoms. The van der Waals surface area contributed by atoms with Crippen molar-refractivity contribution in [2.45, 2.75) is 32.9 Å². The standard InChI is InChI=1S/C14H21N5O/c1-3-14-16-6-8-19(14)7-4-5-15-13-9-12(10-20-2)17-11-18-13/h6,8-9,11H,3-5,7,10H2,1-2H3,(H,15,17,18). The van der Waals surface area contributed by atoms with Crippen LogP contribution in [0.2, 0.25) is 0 Å².